The van der Waals surface area contributed by atoms with Gasteiger partial charge in [0.05, 0.1) is 0 Å². The molecule has 1 aliphatic rings. The van der Waals surface area contributed by atoms with Crippen molar-refractivity contribution in [2.24, 2.45) is 0 Å². The maximum atomic E-state index is 11.9. The lowest BCUT2D eigenvalue weighted by Gasteiger charge is -2.22. The standard InChI is InChI=1S/C14H26N2O3/c1-2-11-16(12-8-9-12)14(19)15-10-6-4-3-5-7-13(17)18/h12H,2-11H2,1H3,(H,15,19)(H,17,18). The number of hydrogen-bond donors (Lipinski definition) is 2. The zero-order chi connectivity index (χ0) is 14.1. The van der Waals surface area contributed by atoms with Gasteiger partial charge >= 0.3 is 12.0 Å². The van der Waals surface area contributed by atoms with E-state index < -0.39 is 5.97 Å². The fourth-order valence-electron chi connectivity index (χ4n) is 2.13. The molecule has 0 spiro atoms. The summed E-state index contributed by atoms with van der Waals surface area (Å²) in [4.78, 5) is 24.2. The highest BCUT2D eigenvalue weighted by atomic mass is 16.4. The number of carboxylic acids is 1. The Morgan fingerprint density at radius 3 is 2.47 bits per heavy atom. The minimum atomic E-state index is -0.729. The molecule has 0 aliphatic heterocycles. The van der Waals surface area contributed by atoms with E-state index in [9.17, 15) is 9.59 Å². The second-order valence-electron chi connectivity index (χ2n) is 5.21. The Morgan fingerprint density at radius 2 is 1.89 bits per heavy atom. The zero-order valence-corrected chi connectivity index (χ0v) is 11.9. The normalized spacial score (nSPS) is 14.2. The number of aliphatic carboxylic acids is 1. The Balaban J connectivity index is 2.01. The molecule has 0 unspecified atom stereocenters. The third-order valence-electron chi connectivity index (χ3n) is 3.31. The SMILES string of the molecule is CCCN(C(=O)NCCCCCCC(=O)O)C1CC1. The number of nitrogens with zero attached hydrogens (tertiary/aromatic N) is 1. The number of unbranched alkanes of at least 4 members (excludes halogenated alkanes) is 3. The zero-order valence-electron chi connectivity index (χ0n) is 11.9. The van der Waals surface area contributed by atoms with E-state index in [0.29, 0.717) is 12.6 Å². The summed E-state index contributed by atoms with van der Waals surface area (Å²) < 4.78 is 0. The van der Waals surface area contributed by atoms with Gasteiger partial charge in [0.1, 0.15) is 0 Å². The summed E-state index contributed by atoms with van der Waals surface area (Å²) >= 11 is 0. The monoisotopic (exact) mass is 270 g/mol. The summed E-state index contributed by atoms with van der Waals surface area (Å²) in [5.41, 5.74) is 0. The molecule has 2 N–H and O–H groups in total. The molecule has 0 heterocycles. The summed E-state index contributed by atoms with van der Waals surface area (Å²) in [5.74, 6) is -0.729. The van der Waals surface area contributed by atoms with Crippen LogP contribution in [0.4, 0.5) is 4.79 Å². The number of nitrogens with one attached hydrogen (secondary N) is 1. The first-order valence-electron chi connectivity index (χ1n) is 7.41. The molecular weight excluding hydrogens is 244 g/mol. The number of carbonyl (C=O) groups excluding carboxylic acids is 1. The first kappa shape index (κ1) is 15.8. The van der Waals surface area contributed by atoms with Crippen LogP contribution in [0.1, 0.15) is 58.3 Å². The van der Waals surface area contributed by atoms with Gasteiger partial charge in [0.2, 0.25) is 0 Å². The first-order chi connectivity index (χ1) is 9.15. The molecule has 0 radical (unpaired) electrons. The summed E-state index contributed by atoms with van der Waals surface area (Å²) in [6.45, 7) is 3.62. The van der Waals surface area contributed by atoms with Gasteiger partial charge in [-0.2, -0.15) is 0 Å². The number of amides is 2. The molecule has 5 heteroatoms. The smallest absolute Gasteiger partial charge is 0.317 e. The molecule has 0 aromatic rings. The largest absolute Gasteiger partial charge is 0.481 e. The third-order valence-corrected chi connectivity index (χ3v) is 3.31. The van der Waals surface area contributed by atoms with E-state index in [1.807, 2.05) is 4.90 Å². The van der Waals surface area contributed by atoms with E-state index >= 15 is 0 Å². The van der Waals surface area contributed by atoms with Gasteiger partial charge in [0, 0.05) is 25.6 Å². The van der Waals surface area contributed by atoms with Gasteiger partial charge < -0.3 is 15.3 Å². The predicted octanol–water partition coefficient (Wildman–Crippen LogP) is 2.61. The van der Waals surface area contributed by atoms with Crippen LogP contribution in [0.5, 0.6) is 0 Å². The quantitative estimate of drug-likeness (QED) is 0.599. The van der Waals surface area contributed by atoms with Crippen molar-refractivity contribution >= 4 is 12.0 Å². The van der Waals surface area contributed by atoms with E-state index in [1.54, 1.807) is 0 Å². The third kappa shape index (κ3) is 7.03. The van der Waals surface area contributed by atoms with E-state index in [-0.39, 0.29) is 12.5 Å². The average Bonchev–Trinajstić information content (AvgIpc) is 3.18. The number of urea groups is 1. The second-order valence-corrected chi connectivity index (χ2v) is 5.21. The highest BCUT2D eigenvalue weighted by Gasteiger charge is 2.31. The molecule has 1 rings (SSSR count). The van der Waals surface area contributed by atoms with Crippen molar-refractivity contribution < 1.29 is 14.7 Å². The second kappa shape index (κ2) is 8.77. The van der Waals surface area contributed by atoms with Crippen LogP contribution in [0.2, 0.25) is 0 Å². The lowest BCUT2D eigenvalue weighted by molar-refractivity contribution is -0.137. The Labute approximate surface area is 115 Å². The summed E-state index contributed by atoms with van der Waals surface area (Å²) in [6, 6.07) is 0.533. The maximum absolute atomic E-state index is 11.9. The topological polar surface area (TPSA) is 69.6 Å². The molecule has 0 atom stereocenters. The van der Waals surface area contributed by atoms with Crippen molar-refractivity contribution in [3.63, 3.8) is 0 Å². The lowest BCUT2D eigenvalue weighted by atomic mass is 10.1. The maximum Gasteiger partial charge on any atom is 0.317 e. The highest BCUT2D eigenvalue weighted by molar-refractivity contribution is 5.74. The van der Waals surface area contributed by atoms with Crippen molar-refractivity contribution in [2.45, 2.75) is 64.3 Å². The van der Waals surface area contributed by atoms with E-state index in [4.69, 9.17) is 5.11 Å². The molecule has 0 bridgehead atoms. The Hall–Kier alpha value is -1.26. The summed E-state index contributed by atoms with van der Waals surface area (Å²) in [6.07, 6.45) is 7.08. The van der Waals surface area contributed by atoms with Gasteiger partial charge in [-0.15, -0.1) is 0 Å². The molecule has 5 nitrogen and oxygen atoms in total. The number of hydrogen-bond acceptors (Lipinski definition) is 2. The van der Waals surface area contributed by atoms with Crippen molar-refractivity contribution in [1.29, 1.82) is 0 Å². The summed E-state index contributed by atoms with van der Waals surface area (Å²) in [5, 5.41) is 11.5. The van der Waals surface area contributed by atoms with Crippen LogP contribution in [0.25, 0.3) is 0 Å². The fourth-order valence-corrected chi connectivity index (χ4v) is 2.13. The van der Waals surface area contributed by atoms with Gasteiger partial charge in [-0.25, -0.2) is 4.79 Å². The first-order valence-corrected chi connectivity index (χ1v) is 7.41. The van der Waals surface area contributed by atoms with Crippen molar-refractivity contribution in [2.75, 3.05) is 13.1 Å². The van der Waals surface area contributed by atoms with Crippen molar-refractivity contribution in [3.05, 3.63) is 0 Å². The predicted molar refractivity (Wildman–Crippen MR) is 74.1 cm³/mol. The van der Waals surface area contributed by atoms with Crippen LogP contribution in [0, 0.1) is 0 Å². The molecule has 1 saturated carbocycles. The Kier molecular flexibility index (Phi) is 7.30. The molecule has 2 amide bonds. The van der Waals surface area contributed by atoms with Crippen molar-refractivity contribution in [3.8, 4) is 0 Å². The molecule has 0 aromatic heterocycles. The highest BCUT2D eigenvalue weighted by Crippen LogP contribution is 2.26. The van der Waals surface area contributed by atoms with Crippen molar-refractivity contribution in [1.82, 2.24) is 10.2 Å². The van der Waals surface area contributed by atoms with Crippen LogP contribution in [-0.4, -0.2) is 41.1 Å². The van der Waals surface area contributed by atoms with E-state index in [1.165, 1.54) is 0 Å². The van der Waals surface area contributed by atoms with Gasteiger partial charge in [-0.1, -0.05) is 19.8 Å². The van der Waals surface area contributed by atoms with Crippen LogP contribution in [0.3, 0.4) is 0 Å². The average molecular weight is 270 g/mol. The molecule has 0 saturated heterocycles. The van der Waals surface area contributed by atoms with Crippen LogP contribution in [-0.2, 0) is 4.79 Å². The molecular formula is C14H26N2O3. The van der Waals surface area contributed by atoms with Gasteiger partial charge in [-0.3, -0.25) is 4.79 Å². The number of rotatable bonds is 10. The van der Waals surface area contributed by atoms with Crippen LogP contribution < -0.4 is 5.32 Å². The van der Waals surface area contributed by atoms with Gasteiger partial charge in [0.25, 0.3) is 0 Å². The Morgan fingerprint density at radius 1 is 1.21 bits per heavy atom. The minimum absolute atomic E-state index is 0.0647. The molecule has 1 aliphatic carbocycles. The summed E-state index contributed by atoms with van der Waals surface area (Å²) in [7, 11) is 0. The van der Waals surface area contributed by atoms with E-state index in [2.05, 4.69) is 12.2 Å². The van der Waals surface area contributed by atoms with Gasteiger partial charge in [-0.05, 0) is 32.1 Å². The molecule has 19 heavy (non-hydrogen) atoms. The minimum Gasteiger partial charge on any atom is -0.481 e. The van der Waals surface area contributed by atoms with E-state index in [0.717, 1.165) is 51.5 Å². The number of carboxylic acid groups (broad SMARTS) is 1. The molecule has 1 fully saturated rings. The molecule has 110 valence electrons. The lowest BCUT2D eigenvalue weighted by Crippen LogP contribution is -2.42. The van der Waals surface area contributed by atoms with Crippen LogP contribution >= 0.6 is 0 Å². The Bertz CT molecular complexity index is 290. The number of carbonyl (C=O) groups is 2. The van der Waals surface area contributed by atoms with Gasteiger partial charge in [0.15, 0.2) is 0 Å². The molecule has 0 aromatic carbocycles. The van der Waals surface area contributed by atoms with Crippen LogP contribution in [0.15, 0.2) is 0 Å². The fraction of sp³-hybridized carbons (Fsp3) is 0.857.